The minimum absolute atomic E-state index is 0.177. The van der Waals surface area contributed by atoms with E-state index in [0.29, 0.717) is 4.90 Å². The lowest BCUT2D eigenvalue weighted by Crippen LogP contribution is -2.64. The molecule has 1 rings (SSSR count). The molecule has 2 amide bonds. The molecule has 1 aliphatic rings. The highest BCUT2D eigenvalue weighted by Crippen LogP contribution is 2.43. The molecule has 1 aliphatic heterocycles. The minimum Gasteiger partial charge on any atom is -0.479 e. The lowest BCUT2D eigenvalue weighted by molar-refractivity contribution is -0.164. The minimum atomic E-state index is -2.03. The molecular weight excluding hydrogens is 302 g/mol. The molecule has 0 aromatic heterocycles. The van der Waals surface area contributed by atoms with Crippen LogP contribution in [0.25, 0.3) is 0 Å². The molecule has 7 heteroatoms. The predicted molar refractivity (Wildman–Crippen MR) is 82.6 cm³/mol. The van der Waals surface area contributed by atoms with Crippen molar-refractivity contribution in [2.75, 3.05) is 0 Å². The molecule has 0 bridgehead atoms. The molecule has 0 spiro atoms. The van der Waals surface area contributed by atoms with Gasteiger partial charge in [-0.3, -0.25) is 4.79 Å². The van der Waals surface area contributed by atoms with Crippen molar-refractivity contribution in [3.8, 4) is 0 Å². The van der Waals surface area contributed by atoms with E-state index < -0.39 is 47.0 Å². The highest BCUT2D eigenvalue weighted by molar-refractivity contribution is 6.03. The number of aliphatic hydroxyl groups is 1. The van der Waals surface area contributed by atoms with E-state index >= 15 is 0 Å². The summed E-state index contributed by atoms with van der Waals surface area (Å²) in [5.74, 6) is -3.98. The Bertz CT molecular complexity index is 509. The Kier molecular flexibility index (Phi) is 5.16. The average molecular weight is 329 g/mol. The molecular formula is C16H27NO6. The Morgan fingerprint density at radius 3 is 2.09 bits per heavy atom. The Hall–Kier alpha value is -1.63. The molecule has 1 fully saturated rings. The fourth-order valence-electron chi connectivity index (χ4n) is 2.98. The zero-order valence-electron chi connectivity index (χ0n) is 14.8. The average Bonchev–Trinajstić information content (AvgIpc) is 2.57. The molecule has 0 aliphatic carbocycles. The lowest BCUT2D eigenvalue weighted by Gasteiger charge is -2.41. The summed E-state index contributed by atoms with van der Waals surface area (Å²) in [5, 5.41) is 20.4. The Balaban J connectivity index is 3.50. The molecule has 7 nitrogen and oxygen atoms in total. The van der Waals surface area contributed by atoms with Crippen LogP contribution in [0.4, 0.5) is 4.79 Å². The maximum absolute atomic E-state index is 12.5. The summed E-state index contributed by atoms with van der Waals surface area (Å²) in [6.45, 7) is 11.5. The van der Waals surface area contributed by atoms with E-state index in [1.54, 1.807) is 41.5 Å². The number of nitrogens with zero attached hydrogens (tertiary/aromatic N) is 1. The summed E-state index contributed by atoms with van der Waals surface area (Å²) in [6.07, 6.45) is -2.54. The van der Waals surface area contributed by atoms with Crippen molar-refractivity contribution in [3.63, 3.8) is 0 Å². The molecule has 23 heavy (non-hydrogen) atoms. The van der Waals surface area contributed by atoms with Gasteiger partial charge < -0.3 is 14.9 Å². The second-order valence-corrected chi connectivity index (χ2v) is 7.55. The second-order valence-electron chi connectivity index (χ2n) is 7.55. The van der Waals surface area contributed by atoms with Gasteiger partial charge in [-0.05, 0) is 32.6 Å². The summed E-state index contributed by atoms with van der Waals surface area (Å²) in [7, 11) is 0. The van der Waals surface area contributed by atoms with Crippen molar-refractivity contribution in [1.82, 2.24) is 4.90 Å². The molecule has 0 saturated carbocycles. The monoisotopic (exact) mass is 329 g/mol. The fraction of sp³-hybridized carbons (Fsp3) is 0.812. The van der Waals surface area contributed by atoms with Gasteiger partial charge in [-0.1, -0.05) is 27.7 Å². The number of carboxylic acid groups (broad SMARTS) is 1. The van der Waals surface area contributed by atoms with Gasteiger partial charge in [-0.2, -0.15) is 0 Å². The van der Waals surface area contributed by atoms with E-state index in [4.69, 9.17) is 4.74 Å². The number of carbonyl (C=O) groups excluding carboxylic acids is 2. The molecule has 4 atom stereocenters. The van der Waals surface area contributed by atoms with Gasteiger partial charge in [0.15, 0.2) is 5.54 Å². The number of carboxylic acids is 1. The topological polar surface area (TPSA) is 104 Å². The van der Waals surface area contributed by atoms with Crippen LogP contribution >= 0.6 is 0 Å². The predicted octanol–water partition coefficient (Wildman–Crippen LogP) is 1.88. The first-order valence-corrected chi connectivity index (χ1v) is 7.77. The van der Waals surface area contributed by atoms with E-state index in [0.717, 1.165) is 0 Å². The number of hydrogen-bond donors (Lipinski definition) is 2. The number of aliphatic hydroxyl groups excluding tert-OH is 1. The van der Waals surface area contributed by atoms with Crippen LogP contribution in [0.2, 0.25) is 0 Å². The van der Waals surface area contributed by atoms with Crippen molar-refractivity contribution in [2.24, 2.45) is 17.8 Å². The van der Waals surface area contributed by atoms with Crippen LogP contribution in [-0.4, -0.2) is 50.3 Å². The molecule has 2 N–H and O–H groups in total. The number of amides is 2. The van der Waals surface area contributed by atoms with Crippen molar-refractivity contribution in [1.29, 1.82) is 0 Å². The first-order chi connectivity index (χ1) is 10.3. The molecule has 0 aromatic rings. The van der Waals surface area contributed by atoms with Gasteiger partial charge in [0.25, 0.3) is 0 Å². The number of carbonyl (C=O) groups is 3. The van der Waals surface area contributed by atoms with Crippen molar-refractivity contribution in [2.45, 2.75) is 65.7 Å². The van der Waals surface area contributed by atoms with Crippen LogP contribution in [0, 0.1) is 17.8 Å². The van der Waals surface area contributed by atoms with Crippen molar-refractivity contribution >= 4 is 18.0 Å². The Morgan fingerprint density at radius 2 is 1.74 bits per heavy atom. The van der Waals surface area contributed by atoms with Crippen molar-refractivity contribution in [3.05, 3.63) is 0 Å². The smallest absolute Gasteiger partial charge is 0.418 e. The van der Waals surface area contributed by atoms with Gasteiger partial charge in [0.2, 0.25) is 5.91 Å². The number of ether oxygens (including phenoxy) is 1. The van der Waals surface area contributed by atoms with E-state index in [2.05, 4.69) is 0 Å². The Morgan fingerprint density at radius 1 is 1.26 bits per heavy atom. The highest BCUT2D eigenvalue weighted by Gasteiger charge is 2.67. The first kappa shape index (κ1) is 19.4. The molecule has 0 unspecified atom stereocenters. The van der Waals surface area contributed by atoms with Crippen molar-refractivity contribution < 1.29 is 29.3 Å². The third-order valence-electron chi connectivity index (χ3n) is 4.52. The van der Waals surface area contributed by atoms with Gasteiger partial charge in [-0.15, -0.1) is 0 Å². The molecule has 132 valence electrons. The number of imide groups is 1. The number of hydrogen-bond acceptors (Lipinski definition) is 5. The molecule has 0 radical (unpaired) electrons. The normalized spacial score (nSPS) is 29.8. The summed E-state index contributed by atoms with van der Waals surface area (Å²) in [5.41, 5.74) is -2.92. The Labute approximate surface area is 136 Å². The third-order valence-corrected chi connectivity index (χ3v) is 4.52. The van der Waals surface area contributed by atoms with Crippen LogP contribution in [0.15, 0.2) is 0 Å². The lowest BCUT2D eigenvalue weighted by atomic mass is 9.73. The number of likely N-dealkylation sites (tertiary alicyclic amines) is 1. The maximum atomic E-state index is 12.5. The molecule has 0 aromatic carbocycles. The van der Waals surface area contributed by atoms with Crippen LogP contribution in [0.1, 0.15) is 48.5 Å². The summed E-state index contributed by atoms with van der Waals surface area (Å²) < 4.78 is 5.22. The number of rotatable bonds is 3. The summed E-state index contributed by atoms with van der Waals surface area (Å²) in [4.78, 5) is 37.7. The van der Waals surface area contributed by atoms with Gasteiger partial charge >= 0.3 is 12.1 Å². The highest BCUT2D eigenvalue weighted by atomic mass is 16.6. The molecule has 1 saturated heterocycles. The zero-order chi connectivity index (χ0) is 18.3. The largest absolute Gasteiger partial charge is 0.479 e. The standard InChI is InChI=1S/C16H27NO6/c1-8(2)10(4)16(13(20)21)11(18)9(3)12(19)17(16)14(22)23-15(5,6)7/h8-11,18H,1-7H3,(H,20,21)/t9-,10+,11+,16-/m1/s1. The van der Waals surface area contributed by atoms with Crippen LogP contribution in [-0.2, 0) is 14.3 Å². The second kappa shape index (κ2) is 6.11. The SMILES string of the molecule is CC(C)[C@H](C)[C@]1(C(=O)O)[C@@H](O)[C@@H](C)C(=O)N1C(=O)OC(C)(C)C. The first-order valence-electron chi connectivity index (χ1n) is 7.77. The molecule has 1 heterocycles. The van der Waals surface area contributed by atoms with Gasteiger partial charge in [0.05, 0.1) is 5.92 Å². The van der Waals surface area contributed by atoms with Gasteiger partial charge in [0, 0.05) is 0 Å². The van der Waals surface area contributed by atoms with Crippen LogP contribution < -0.4 is 0 Å². The van der Waals surface area contributed by atoms with Gasteiger partial charge in [0.1, 0.15) is 11.7 Å². The van der Waals surface area contributed by atoms with Gasteiger partial charge in [-0.25, -0.2) is 14.5 Å². The van der Waals surface area contributed by atoms with E-state index in [9.17, 15) is 24.6 Å². The third kappa shape index (κ3) is 3.06. The summed E-state index contributed by atoms with van der Waals surface area (Å²) >= 11 is 0. The number of aliphatic carboxylic acids is 1. The van der Waals surface area contributed by atoms with Crippen LogP contribution in [0.3, 0.4) is 0 Å². The van der Waals surface area contributed by atoms with E-state index in [1.165, 1.54) is 6.92 Å². The maximum Gasteiger partial charge on any atom is 0.418 e. The van der Waals surface area contributed by atoms with E-state index in [1.807, 2.05) is 0 Å². The summed E-state index contributed by atoms with van der Waals surface area (Å²) in [6, 6.07) is 0. The quantitative estimate of drug-likeness (QED) is 0.819. The van der Waals surface area contributed by atoms with E-state index in [-0.39, 0.29) is 5.92 Å². The zero-order valence-corrected chi connectivity index (χ0v) is 14.8. The fourth-order valence-corrected chi connectivity index (χ4v) is 2.98. The van der Waals surface area contributed by atoms with Crippen LogP contribution in [0.5, 0.6) is 0 Å².